The van der Waals surface area contributed by atoms with Gasteiger partial charge >= 0.3 is 0 Å². The number of benzene rings is 1. The molecule has 11 heteroatoms. The first kappa shape index (κ1) is 20.4. The van der Waals surface area contributed by atoms with Crippen molar-refractivity contribution in [1.82, 2.24) is 25.6 Å². The highest BCUT2D eigenvalue weighted by molar-refractivity contribution is 6.29. The Bertz CT molecular complexity index is 1020. The molecule has 0 aliphatic rings. The maximum absolute atomic E-state index is 13.2. The number of ether oxygens (including phenoxy) is 1. The van der Waals surface area contributed by atoms with Gasteiger partial charge in [0.15, 0.2) is 28.2 Å². The third-order valence-corrected chi connectivity index (χ3v) is 3.82. The predicted molar refractivity (Wildman–Crippen MR) is 103 cm³/mol. The molecule has 1 amide bonds. The van der Waals surface area contributed by atoms with Gasteiger partial charge in [-0.25, -0.2) is 19.8 Å². The van der Waals surface area contributed by atoms with E-state index < -0.39 is 11.7 Å². The summed E-state index contributed by atoms with van der Waals surface area (Å²) in [5.74, 6) is -0.504. The molecule has 3 rings (SSSR count). The van der Waals surface area contributed by atoms with Gasteiger partial charge in [-0.3, -0.25) is 9.63 Å². The van der Waals surface area contributed by atoms with Crippen LogP contribution in [-0.4, -0.2) is 39.8 Å². The topological polar surface area (TPSA) is 111 Å². The Morgan fingerprint density at radius 1 is 1.21 bits per heavy atom. The number of methoxy groups -OCH3 is 1. The molecule has 0 saturated carbocycles. The summed E-state index contributed by atoms with van der Waals surface area (Å²) in [6, 6.07) is 6.60. The molecule has 3 aromatic rings. The number of carbonyl (C=O) groups is 1. The molecule has 0 aliphatic carbocycles. The molecule has 0 saturated heterocycles. The summed E-state index contributed by atoms with van der Waals surface area (Å²) >= 11 is 5.94. The van der Waals surface area contributed by atoms with Crippen LogP contribution < -0.4 is 15.5 Å². The monoisotopic (exact) mass is 418 g/mol. The number of carbonyl (C=O) groups excluding carboxylic acids is 1. The zero-order valence-corrected chi connectivity index (χ0v) is 16.2. The maximum Gasteiger partial charge on any atom is 0.297 e. The summed E-state index contributed by atoms with van der Waals surface area (Å²) in [7, 11) is 1.47. The second-order valence-electron chi connectivity index (χ2n) is 5.53. The minimum absolute atomic E-state index is 0.0339. The highest BCUT2D eigenvalue weighted by Crippen LogP contribution is 2.37. The summed E-state index contributed by atoms with van der Waals surface area (Å²) in [6.07, 6.45) is 2.12. The van der Waals surface area contributed by atoms with Crippen LogP contribution in [0.25, 0.3) is 11.4 Å². The van der Waals surface area contributed by atoms with Gasteiger partial charge in [0.05, 0.1) is 43.0 Å². The third-order valence-electron chi connectivity index (χ3n) is 3.64. The Kier molecular flexibility index (Phi) is 6.47. The minimum Gasteiger partial charge on any atom is -0.494 e. The van der Waals surface area contributed by atoms with E-state index in [-0.39, 0.29) is 29.0 Å². The zero-order chi connectivity index (χ0) is 20.8. The Morgan fingerprint density at radius 3 is 2.66 bits per heavy atom. The van der Waals surface area contributed by atoms with E-state index in [0.717, 1.165) is 12.4 Å². The van der Waals surface area contributed by atoms with Crippen LogP contribution in [0.5, 0.6) is 5.75 Å². The number of hydrogen-bond donors (Lipinski definition) is 2. The average Bonchev–Trinajstić information content (AvgIpc) is 2.72. The van der Waals surface area contributed by atoms with Crippen LogP contribution in [0.2, 0.25) is 5.15 Å². The average molecular weight is 419 g/mol. The quantitative estimate of drug-likeness (QED) is 0.563. The molecule has 9 nitrogen and oxygen atoms in total. The number of hydrogen-bond acceptors (Lipinski definition) is 8. The number of para-hydroxylation sites is 1. The van der Waals surface area contributed by atoms with Crippen LogP contribution in [0.4, 0.5) is 15.8 Å². The second kappa shape index (κ2) is 9.22. The Morgan fingerprint density at radius 2 is 1.97 bits per heavy atom. The smallest absolute Gasteiger partial charge is 0.297 e. The van der Waals surface area contributed by atoms with Crippen LogP contribution in [-0.2, 0) is 4.84 Å². The summed E-state index contributed by atoms with van der Waals surface area (Å²) in [4.78, 5) is 25.2. The van der Waals surface area contributed by atoms with Crippen LogP contribution in [0.15, 0.2) is 36.7 Å². The lowest BCUT2D eigenvalue weighted by Crippen LogP contribution is -2.25. The first-order valence-electron chi connectivity index (χ1n) is 8.40. The van der Waals surface area contributed by atoms with Crippen molar-refractivity contribution in [1.29, 1.82) is 0 Å². The summed E-state index contributed by atoms with van der Waals surface area (Å²) in [5, 5.41) is 10.7. The van der Waals surface area contributed by atoms with Crippen molar-refractivity contribution in [3.8, 4) is 17.1 Å². The fourth-order valence-corrected chi connectivity index (χ4v) is 2.59. The van der Waals surface area contributed by atoms with Crippen LogP contribution in [0.3, 0.4) is 0 Å². The number of anilines is 2. The molecule has 0 fully saturated rings. The standard InChI is InChI=1S/C18H16ClFN6O3/c1-3-29-26-18(27)15-13(7-14(19)24-25-15)23-12-6-4-5-11(16(12)28-2)17-21-8-10(20)9-22-17/h4-9H,3H2,1-2H3,(H,23,24)(H,26,27). The molecular weight excluding hydrogens is 403 g/mol. The molecule has 0 spiro atoms. The fourth-order valence-electron chi connectivity index (χ4n) is 2.44. The zero-order valence-electron chi connectivity index (χ0n) is 15.4. The summed E-state index contributed by atoms with van der Waals surface area (Å²) in [6.45, 7) is 2.00. The van der Waals surface area contributed by atoms with Gasteiger partial charge in [-0.2, -0.15) is 0 Å². The van der Waals surface area contributed by atoms with E-state index >= 15 is 0 Å². The van der Waals surface area contributed by atoms with E-state index in [1.54, 1.807) is 25.1 Å². The van der Waals surface area contributed by atoms with Crippen molar-refractivity contribution >= 4 is 28.9 Å². The van der Waals surface area contributed by atoms with Gasteiger partial charge in [0.1, 0.15) is 0 Å². The van der Waals surface area contributed by atoms with Crippen molar-refractivity contribution in [3.05, 3.63) is 53.3 Å². The Labute approximate surface area is 170 Å². The van der Waals surface area contributed by atoms with Gasteiger partial charge in [0.25, 0.3) is 5.91 Å². The van der Waals surface area contributed by atoms with Gasteiger partial charge in [0.2, 0.25) is 0 Å². The molecule has 150 valence electrons. The minimum atomic E-state index is -0.601. The van der Waals surface area contributed by atoms with Crippen molar-refractivity contribution in [2.24, 2.45) is 0 Å². The molecule has 0 unspecified atom stereocenters. The fraction of sp³-hybridized carbons (Fsp3) is 0.167. The second-order valence-corrected chi connectivity index (χ2v) is 5.92. The Hall–Kier alpha value is -3.37. The first-order chi connectivity index (χ1) is 14.0. The lowest BCUT2D eigenvalue weighted by molar-refractivity contribution is 0.0360. The molecule has 2 aromatic heterocycles. The largest absolute Gasteiger partial charge is 0.494 e. The molecule has 0 radical (unpaired) electrons. The van der Waals surface area contributed by atoms with Crippen molar-refractivity contribution in [2.75, 3.05) is 19.0 Å². The summed E-state index contributed by atoms with van der Waals surface area (Å²) < 4.78 is 18.7. The van der Waals surface area contributed by atoms with Crippen molar-refractivity contribution in [3.63, 3.8) is 0 Å². The van der Waals surface area contributed by atoms with Gasteiger partial charge in [-0.15, -0.1) is 10.2 Å². The normalized spacial score (nSPS) is 10.5. The highest BCUT2D eigenvalue weighted by atomic mass is 35.5. The van der Waals surface area contributed by atoms with Crippen molar-refractivity contribution < 1.29 is 18.8 Å². The predicted octanol–water partition coefficient (Wildman–Crippen LogP) is 3.16. The molecule has 2 N–H and O–H groups in total. The van der Waals surface area contributed by atoms with Gasteiger partial charge in [0, 0.05) is 6.07 Å². The molecule has 0 atom stereocenters. The van der Waals surface area contributed by atoms with E-state index in [2.05, 4.69) is 31.0 Å². The van der Waals surface area contributed by atoms with Crippen LogP contribution in [0.1, 0.15) is 17.4 Å². The first-order valence-corrected chi connectivity index (χ1v) is 8.78. The number of halogens is 2. The Balaban J connectivity index is 2.00. The summed E-state index contributed by atoms with van der Waals surface area (Å²) in [5.41, 5.74) is 3.49. The van der Waals surface area contributed by atoms with Gasteiger partial charge < -0.3 is 10.1 Å². The van der Waals surface area contributed by atoms with E-state index in [1.165, 1.54) is 13.2 Å². The number of amides is 1. The molecule has 0 bridgehead atoms. The number of hydroxylamine groups is 1. The van der Waals surface area contributed by atoms with E-state index in [9.17, 15) is 9.18 Å². The van der Waals surface area contributed by atoms with E-state index in [0.29, 0.717) is 17.0 Å². The van der Waals surface area contributed by atoms with E-state index in [1.807, 2.05) is 0 Å². The van der Waals surface area contributed by atoms with Crippen molar-refractivity contribution in [2.45, 2.75) is 6.92 Å². The molecule has 0 aliphatic heterocycles. The maximum atomic E-state index is 13.2. The van der Waals surface area contributed by atoms with Gasteiger partial charge in [-0.1, -0.05) is 17.7 Å². The number of aromatic nitrogens is 4. The molecule has 2 heterocycles. The highest BCUT2D eigenvalue weighted by Gasteiger charge is 2.19. The molecular formula is C18H16ClFN6O3. The number of nitrogens with zero attached hydrogens (tertiary/aromatic N) is 4. The molecule has 29 heavy (non-hydrogen) atoms. The number of nitrogens with one attached hydrogen (secondary N) is 2. The van der Waals surface area contributed by atoms with E-state index in [4.69, 9.17) is 21.2 Å². The molecule has 1 aromatic carbocycles. The number of rotatable bonds is 7. The lowest BCUT2D eigenvalue weighted by atomic mass is 10.1. The third kappa shape index (κ3) is 4.73. The van der Waals surface area contributed by atoms with Crippen LogP contribution >= 0.6 is 11.6 Å². The SMILES string of the molecule is CCONC(=O)c1nnc(Cl)cc1Nc1cccc(-c2ncc(F)cn2)c1OC. The lowest BCUT2D eigenvalue weighted by Gasteiger charge is -2.16. The van der Waals surface area contributed by atoms with Crippen LogP contribution in [0, 0.1) is 5.82 Å². The van der Waals surface area contributed by atoms with Gasteiger partial charge in [-0.05, 0) is 19.1 Å².